The quantitative estimate of drug-likeness (QED) is 0.182. The molecule has 4 saturated carbocycles. The van der Waals surface area contributed by atoms with Gasteiger partial charge in [0.1, 0.15) is 76.3 Å². The summed E-state index contributed by atoms with van der Waals surface area (Å²) in [6.07, 6.45) is 7.30. The molecule has 0 aromatic heterocycles. The number of hydrogen-bond acceptors (Lipinski definition) is 12. The summed E-state index contributed by atoms with van der Waals surface area (Å²) >= 11 is 0. The van der Waals surface area contributed by atoms with Crippen molar-refractivity contribution in [3.05, 3.63) is 35.4 Å². The molecule has 0 amide bonds. The Morgan fingerprint density at radius 1 is 0.423 bits per heavy atom. The molecule has 12 heteroatoms. The van der Waals surface area contributed by atoms with E-state index in [2.05, 4.69) is 24.3 Å². The van der Waals surface area contributed by atoms with Gasteiger partial charge in [0.15, 0.2) is 23.0 Å². The number of benzene rings is 2. The van der Waals surface area contributed by atoms with Crippen molar-refractivity contribution in [3.63, 3.8) is 0 Å². The van der Waals surface area contributed by atoms with Crippen molar-refractivity contribution >= 4 is 0 Å². The van der Waals surface area contributed by atoms with Gasteiger partial charge < -0.3 is 56.8 Å². The molecule has 6 atom stereocenters. The van der Waals surface area contributed by atoms with E-state index >= 15 is 0 Å². The number of hydrogen-bond donors (Lipinski definition) is 0. The van der Waals surface area contributed by atoms with E-state index in [1.807, 2.05) is 0 Å². The maximum Gasteiger partial charge on any atom is 0.203 e. The van der Waals surface area contributed by atoms with Crippen LogP contribution in [-0.4, -0.2) is 116 Å². The summed E-state index contributed by atoms with van der Waals surface area (Å²) in [6.45, 7) is 7.15. The summed E-state index contributed by atoms with van der Waals surface area (Å²) in [5.74, 6) is 5.46. The van der Waals surface area contributed by atoms with E-state index in [-0.39, 0.29) is 47.5 Å². The molecule has 2 aromatic carbocycles. The molecule has 2 aromatic rings. The van der Waals surface area contributed by atoms with Crippen LogP contribution in [0.5, 0.6) is 34.5 Å². The van der Waals surface area contributed by atoms with E-state index in [1.165, 1.54) is 17.5 Å². The Balaban J connectivity index is 0.987. The van der Waals surface area contributed by atoms with Gasteiger partial charge in [-0.25, -0.2) is 0 Å². The Morgan fingerprint density at radius 2 is 0.731 bits per heavy atom. The van der Waals surface area contributed by atoms with Gasteiger partial charge in [0, 0.05) is 22.0 Å². The van der Waals surface area contributed by atoms with E-state index in [9.17, 15) is 0 Å². The van der Waals surface area contributed by atoms with Crippen molar-refractivity contribution in [3.8, 4) is 34.5 Å². The van der Waals surface area contributed by atoms with Crippen LogP contribution in [0.1, 0.15) is 49.7 Å². The van der Waals surface area contributed by atoms with Gasteiger partial charge in [-0.1, -0.05) is 12.1 Å². The van der Waals surface area contributed by atoms with Crippen molar-refractivity contribution in [2.24, 2.45) is 11.8 Å². The molecule has 280 valence electrons. The van der Waals surface area contributed by atoms with Crippen molar-refractivity contribution in [1.82, 2.24) is 0 Å². The molecule has 4 bridgehead atoms. The molecule has 0 spiro atoms. The van der Waals surface area contributed by atoms with Gasteiger partial charge in [-0.2, -0.15) is 0 Å². The minimum absolute atomic E-state index is 0.0943. The van der Waals surface area contributed by atoms with Gasteiger partial charge in [0.25, 0.3) is 0 Å². The summed E-state index contributed by atoms with van der Waals surface area (Å²) in [7, 11) is 0. The molecule has 6 heterocycles. The lowest BCUT2D eigenvalue weighted by Gasteiger charge is -2.63. The smallest absolute Gasteiger partial charge is 0.203 e. The highest BCUT2D eigenvalue weighted by Gasteiger charge is 2.60. The zero-order valence-electron chi connectivity index (χ0n) is 29.6. The zero-order chi connectivity index (χ0) is 34.3. The lowest BCUT2D eigenvalue weighted by Crippen LogP contribution is -2.56. The van der Waals surface area contributed by atoms with Gasteiger partial charge >= 0.3 is 0 Å². The predicted molar refractivity (Wildman–Crippen MR) is 182 cm³/mol. The molecule has 12 rings (SSSR count). The van der Waals surface area contributed by atoms with E-state index < -0.39 is 0 Å². The Bertz CT molecular complexity index is 1520. The van der Waals surface area contributed by atoms with Gasteiger partial charge in [-0.3, -0.25) is 0 Å². The van der Waals surface area contributed by atoms with Gasteiger partial charge in [0.05, 0.1) is 39.6 Å². The third kappa shape index (κ3) is 6.79. The van der Waals surface area contributed by atoms with Crippen LogP contribution in [0.2, 0.25) is 0 Å². The fraction of sp³-hybridized carbons (Fsp3) is 0.700. The third-order valence-electron chi connectivity index (χ3n) is 12.3. The van der Waals surface area contributed by atoms with Gasteiger partial charge in [-0.15, -0.1) is 0 Å². The lowest BCUT2D eigenvalue weighted by molar-refractivity contribution is -0.0305. The number of ether oxygens (including phenoxy) is 12. The second kappa shape index (κ2) is 12.8. The molecule has 6 aliphatic heterocycles. The highest BCUT2D eigenvalue weighted by atomic mass is 16.6. The lowest BCUT2D eigenvalue weighted by atomic mass is 9.41. The summed E-state index contributed by atoms with van der Waals surface area (Å²) in [6, 6.07) is 8.71. The average Bonchev–Trinajstić information content (AvgIpc) is 3.93. The first-order chi connectivity index (χ1) is 25.6. The summed E-state index contributed by atoms with van der Waals surface area (Å²) in [4.78, 5) is 0. The van der Waals surface area contributed by atoms with Crippen LogP contribution in [0.25, 0.3) is 0 Å². The first kappa shape index (κ1) is 32.4. The van der Waals surface area contributed by atoms with E-state index in [0.717, 1.165) is 56.8 Å². The number of rotatable bonds is 20. The normalized spacial score (nSPS) is 38.0. The van der Waals surface area contributed by atoms with Crippen LogP contribution in [-0.2, 0) is 39.3 Å². The molecule has 10 fully saturated rings. The molecule has 12 nitrogen and oxygen atoms in total. The maximum absolute atomic E-state index is 6.78. The van der Waals surface area contributed by atoms with Crippen LogP contribution < -0.4 is 28.4 Å². The van der Waals surface area contributed by atoms with Crippen LogP contribution >= 0.6 is 0 Å². The SMILES string of the molecule is c1cc(C23CC4CC(C2)CC(c2ccc(OCC5CO5)c(OCC5CO5)c2OCC2CO2)(C4)C3)c(OCC2CO2)c(OCC2CO2)c1OCC1CO1. The maximum atomic E-state index is 6.78. The summed E-state index contributed by atoms with van der Waals surface area (Å²) < 4.78 is 72.7. The van der Waals surface area contributed by atoms with Crippen molar-refractivity contribution in [1.29, 1.82) is 0 Å². The minimum Gasteiger partial charge on any atom is -0.487 e. The second-order valence-corrected chi connectivity index (χ2v) is 16.7. The van der Waals surface area contributed by atoms with E-state index in [4.69, 9.17) is 56.8 Å². The minimum atomic E-state index is -0.117. The molecule has 0 N–H and O–H groups in total. The highest BCUT2D eigenvalue weighted by Crippen LogP contribution is 2.69. The fourth-order valence-corrected chi connectivity index (χ4v) is 9.66. The van der Waals surface area contributed by atoms with Gasteiger partial charge in [0.2, 0.25) is 11.5 Å². The van der Waals surface area contributed by atoms with Crippen molar-refractivity contribution in [2.45, 2.75) is 86.0 Å². The Kier molecular flexibility index (Phi) is 7.99. The predicted octanol–water partition coefficient (Wildman–Crippen LogP) is 4.14. The topological polar surface area (TPSA) is 131 Å². The zero-order valence-corrected chi connectivity index (χ0v) is 29.6. The Morgan fingerprint density at radius 3 is 1.06 bits per heavy atom. The second-order valence-electron chi connectivity index (χ2n) is 16.7. The van der Waals surface area contributed by atoms with Gasteiger partial charge in [-0.05, 0) is 62.5 Å². The summed E-state index contributed by atoms with van der Waals surface area (Å²) in [5.41, 5.74) is 2.20. The average molecular weight is 721 g/mol. The molecule has 4 aliphatic carbocycles. The first-order valence-corrected chi connectivity index (χ1v) is 19.4. The van der Waals surface area contributed by atoms with Crippen molar-refractivity contribution in [2.75, 3.05) is 79.3 Å². The van der Waals surface area contributed by atoms with Crippen LogP contribution in [0.3, 0.4) is 0 Å². The molecule has 0 radical (unpaired) electrons. The molecule has 6 unspecified atom stereocenters. The highest BCUT2D eigenvalue weighted by molar-refractivity contribution is 5.62. The van der Waals surface area contributed by atoms with Crippen molar-refractivity contribution < 1.29 is 56.8 Å². The largest absolute Gasteiger partial charge is 0.487 e. The molecular weight excluding hydrogens is 672 g/mol. The van der Waals surface area contributed by atoms with Crippen LogP contribution in [0, 0.1) is 11.8 Å². The first-order valence-electron chi connectivity index (χ1n) is 19.4. The molecular formula is C40H48O12. The Hall–Kier alpha value is -3.00. The summed E-state index contributed by atoms with van der Waals surface area (Å²) in [5, 5.41) is 0. The molecule has 6 saturated heterocycles. The number of epoxide rings is 6. The molecule has 52 heavy (non-hydrogen) atoms. The van der Waals surface area contributed by atoms with Crippen LogP contribution in [0.15, 0.2) is 24.3 Å². The van der Waals surface area contributed by atoms with E-state index in [1.54, 1.807) is 0 Å². The Labute approximate surface area is 303 Å². The van der Waals surface area contributed by atoms with Crippen LogP contribution in [0.4, 0.5) is 0 Å². The monoisotopic (exact) mass is 720 g/mol. The van der Waals surface area contributed by atoms with E-state index in [0.29, 0.717) is 101 Å². The standard InChI is InChI=1S/C40H48O12/c1-3-33(47-16-25-10-41-25)37(51-20-29-14-45-29)35(49-18-27-12-43-27)31(1)39-6-23-5-24(7-39)9-40(8-23,22-39)32-2-4-34(48-17-26-11-42-26)38(52-21-30-15-46-30)36(32)50-19-28-13-44-28/h1-4,23-30H,5-22H2. The third-order valence-corrected chi connectivity index (χ3v) is 12.3. The molecule has 10 aliphatic rings. The fourth-order valence-electron chi connectivity index (χ4n) is 9.66.